The van der Waals surface area contributed by atoms with Gasteiger partial charge in [0.25, 0.3) is 0 Å². The van der Waals surface area contributed by atoms with Gasteiger partial charge in [-0.1, -0.05) is 0 Å². The van der Waals surface area contributed by atoms with Crippen molar-refractivity contribution in [2.24, 2.45) is 0 Å². The minimum Gasteiger partial charge on any atom is -1.00 e. The summed E-state index contributed by atoms with van der Waals surface area (Å²) < 4.78 is 51.9. The van der Waals surface area contributed by atoms with Crippen LogP contribution in [0.25, 0.3) is 0 Å². The molecule has 0 aromatic rings. The topological polar surface area (TPSA) is 180 Å². The van der Waals surface area contributed by atoms with Crippen molar-refractivity contribution in [1.29, 1.82) is 0 Å². The predicted octanol–water partition coefficient (Wildman–Crippen LogP) is -6.57. The van der Waals surface area contributed by atoms with Crippen molar-refractivity contribution in [3.63, 3.8) is 0 Å². The van der Waals surface area contributed by atoms with E-state index in [1.165, 1.54) is 0 Å². The zero-order chi connectivity index (χ0) is 8.15. The normalized spacial score (nSPS) is 14.1. The standard InChI is InChI=1S/2Li.2H3N.H2O7S3.2H/c;;;;1-8(2)6-10(5)7-9(3)4;;/h;;2*1H3;(H,1,2)(H,3,4);;/q2*+1;;;;2*-1. The first-order valence-electron chi connectivity index (χ1n) is 1.53. The van der Waals surface area contributed by atoms with Crippen LogP contribution in [0.5, 0.6) is 0 Å². The molecule has 0 aliphatic heterocycles. The van der Waals surface area contributed by atoms with Gasteiger partial charge in [-0.3, -0.25) is 9.11 Å². The third-order valence-electron chi connectivity index (χ3n) is 0.228. The molecule has 0 aliphatic carbocycles. The van der Waals surface area contributed by atoms with Gasteiger partial charge in [0.05, 0.1) is 0 Å². The molecule has 0 aliphatic rings. The summed E-state index contributed by atoms with van der Waals surface area (Å²) in [7, 11) is 0. The summed E-state index contributed by atoms with van der Waals surface area (Å²) in [6.45, 7) is 0. The summed E-state index contributed by atoms with van der Waals surface area (Å²) in [6, 6.07) is 0. The summed E-state index contributed by atoms with van der Waals surface area (Å²) in [4.78, 5) is 0. The van der Waals surface area contributed by atoms with E-state index in [1.54, 1.807) is 0 Å². The summed E-state index contributed by atoms with van der Waals surface area (Å²) >= 11 is -8.25. The number of hydrogen-bond donors (Lipinski definition) is 4. The Morgan fingerprint density at radius 1 is 0.857 bits per heavy atom. The molecule has 9 nitrogen and oxygen atoms in total. The molecule has 14 heavy (non-hydrogen) atoms. The van der Waals surface area contributed by atoms with Crippen LogP contribution in [0.15, 0.2) is 0 Å². The van der Waals surface area contributed by atoms with Crippen LogP contribution in [0.1, 0.15) is 2.85 Å². The average molecular weight is 260 g/mol. The Bertz CT molecular complexity index is 176. The second kappa shape index (κ2) is 16.8. The third kappa shape index (κ3) is 23.3. The fourth-order valence-corrected chi connectivity index (χ4v) is 1.16. The van der Waals surface area contributed by atoms with E-state index in [2.05, 4.69) is 7.26 Å². The molecule has 0 radical (unpaired) electrons. The fourth-order valence-electron chi connectivity index (χ4n) is 0.106. The monoisotopic (exact) mass is 260 g/mol. The second-order valence-corrected chi connectivity index (χ2v) is 3.14. The van der Waals surface area contributed by atoms with E-state index in [0.29, 0.717) is 0 Å². The van der Waals surface area contributed by atoms with Crippen LogP contribution in [0.3, 0.4) is 0 Å². The van der Waals surface area contributed by atoms with Crippen molar-refractivity contribution < 1.29 is 69.6 Å². The maximum absolute atomic E-state index is 10.0. The van der Waals surface area contributed by atoms with Crippen molar-refractivity contribution in [2.45, 2.75) is 0 Å². The van der Waals surface area contributed by atoms with Gasteiger partial charge in [0, 0.05) is 0 Å². The van der Waals surface area contributed by atoms with Gasteiger partial charge in [-0.25, -0.2) is 0 Å². The molecule has 2 atom stereocenters. The van der Waals surface area contributed by atoms with Crippen LogP contribution in [0, 0.1) is 0 Å². The van der Waals surface area contributed by atoms with E-state index >= 15 is 0 Å². The smallest absolute Gasteiger partial charge is 1.00 e. The van der Waals surface area contributed by atoms with Crippen LogP contribution in [-0.2, 0) is 41.3 Å². The third-order valence-corrected chi connectivity index (χ3v) is 2.05. The summed E-state index contributed by atoms with van der Waals surface area (Å²) in [5.41, 5.74) is 0. The van der Waals surface area contributed by atoms with Crippen LogP contribution in [-0.4, -0.2) is 21.7 Å². The van der Waals surface area contributed by atoms with E-state index in [4.69, 9.17) is 9.11 Å². The molecule has 0 rings (SSSR count). The fraction of sp³-hybridized carbons (Fsp3) is 0. The van der Waals surface area contributed by atoms with E-state index in [1.807, 2.05) is 0 Å². The van der Waals surface area contributed by atoms with E-state index < -0.39 is 34.1 Å². The molecule has 0 spiro atoms. The molecule has 0 aromatic heterocycles. The predicted molar refractivity (Wildman–Crippen MR) is 44.1 cm³/mol. The molecule has 14 heteroatoms. The SMILES string of the molecule is N.N.O=S(O)OS(=O)OS(=O)O.[H-].[H-].[Li+].[Li+]. The van der Waals surface area contributed by atoms with E-state index in [9.17, 15) is 12.6 Å². The van der Waals surface area contributed by atoms with Crippen molar-refractivity contribution >= 4 is 34.1 Å². The molecule has 2 unspecified atom stereocenters. The zero-order valence-corrected chi connectivity index (χ0v) is 10.0. The molecule has 0 saturated carbocycles. The van der Waals surface area contributed by atoms with Gasteiger partial charge in [0.1, 0.15) is 0 Å². The Balaban J connectivity index is -0.0000000270. The summed E-state index contributed by atoms with van der Waals surface area (Å²) in [6.07, 6.45) is 0. The van der Waals surface area contributed by atoms with E-state index in [-0.39, 0.29) is 52.9 Å². The summed E-state index contributed by atoms with van der Waals surface area (Å²) in [5, 5.41) is 0. The zero-order valence-electron chi connectivity index (χ0n) is 9.57. The van der Waals surface area contributed by atoms with Crippen molar-refractivity contribution in [1.82, 2.24) is 12.3 Å². The van der Waals surface area contributed by atoms with Crippen LogP contribution in [0.4, 0.5) is 0 Å². The van der Waals surface area contributed by atoms with Gasteiger partial charge in [-0.15, -0.1) is 7.26 Å². The Kier molecular flexibility index (Phi) is 35.5. The maximum Gasteiger partial charge on any atom is 1.00 e. The number of hydrogen-bond acceptors (Lipinski definition) is 7. The first-order valence-corrected chi connectivity index (χ1v) is 4.60. The van der Waals surface area contributed by atoms with Gasteiger partial charge in [-0.2, -0.15) is 12.6 Å². The van der Waals surface area contributed by atoms with Gasteiger partial charge in [0.15, 0.2) is 0 Å². The largest absolute Gasteiger partial charge is 1.00 e. The molecule has 0 fully saturated rings. The molecule has 0 bridgehead atoms. The average Bonchev–Trinajstić information content (AvgIpc) is 1.58. The molecular weight excluding hydrogens is 250 g/mol. The molecule has 82 valence electrons. The first kappa shape index (κ1) is 29.5. The molecule has 0 amide bonds. The van der Waals surface area contributed by atoms with Crippen molar-refractivity contribution in [2.75, 3.05) is 0 Å². The van der Waals surface area contributed by atoms with Gasteiger partial charge < -0.3 is 15.2 Å². The van der Waals surface area contributed by atoms with Crippen LogP contribution < -0.4 is 50.0 Å². The first-order chi connectivity index (χ1) is 4.52. The maximum atomic E-state index is 10.0. The minimum atomic E-state index is -2.78. The Hall–Kier alpha value is 1.40. The molecule has 0 saturated heterocycles. The molecule has 0 aromatic carbocycles. The molecule has 8 N–H and O–H groups in total. The Labute approximate surface area is 115 Å². The quantitative estimate of drug-likeness (QED) is 0.282. The van der Waals surface area contributed by atoms with Gasteiger partial charge in [-0.05, 0) is 0 Å². The van der Waals surface area contributed by atoms with Crippen molar-refractivity contribution in [3.8, 4) is 0 Å². The molecular formula is H10Li2N2O7S3. The summed E-state index contributed by atoms with van der Waals surface area (Å²) in [5.74, 6) is 0. The second-order valence-electron chi connectivity index (χ2n) is 0.774. The van der Waals surface area contributed by atoms with Crippen LogP contribution >= 0.6 is 0 Å². The Morgan fingerprint density at radius 3 is 1.21 bits per heavy atom. The van der Waals surface area contributed by atoms with Crippen molar-refractivity contribution in [3.05, 3.63) is 0 Å². The van der Waals surface area contributed by atoms with Crippen LogP contribution in [0.2, 0.25) is 0 Å². The molecule has 0 heterocycles. The minimum absolute atomic E-state index is 0. The Morgan fingerprint density at radius 2 is 1.07 bits per heavy atom. The van der Waals surface area contributed by atoms with Gasteiger partial charge >= 0.3 is 71.8 Å². The number of rotatable bonds is 4. The van der Waals surface area contributed by atoms with E-state index in [0.717, 1.165) is 0 Å². The van der Waals surface area contributed by atoms with Gasteiger partial charge in [0.2, 0.25) is 0 Å².